The number of anilines is 1. The SMILES string of the molecule is COC(=O)C(CC(C)C)Nc1ccc(C(N)=S)cc1F. The number of methoxy groups -OCH3 is 1. The minimum absolute atomic E-state index is 0.127. The first kappa shape index (κ1) is 16.4. The van der Waals surface area contributed by atoms with Crippen molar-refractivity contribution >= 4 is 28.9 Å². The average Bonchev–Trinajstić information content (AvgIpc) is 2.38. The molecule has 0 bridgehead atoms. The molecule has 0 spiro atoms. The Morgan fingerprint density at radius 2 is 2.15 bits per heavy atom. The van der Waals surface area contributed by atoms with Crippen LogP contribution in [-0.4, -0.2) is 24.1 Å². The molecule has 0 aliphatic carbocycles. The molecule has 0 aromatic heterocycles. The van der Waals surface area contributed by atoms with Gasteiger partial charge in [0.2, 0.25) is 0 Å². The second-order valence-corrected chi connectivity index (χ2v) is 5.35. The Morgan fingerprint density at radius 1 is 1.50 bits per heavy atom. The number of nitrogens with two attached hydrogens (primary N) is 1. The third-order valence-electron chi connectivity index (χ3n) is 2.78. The van der Waals surface area contributed by atoms with Crippen LogP contribution in [0.3, 0.4) is 0 Å². The highest BCUT2D eigenvalue weighted by Crippen LogP contribution is 2.19. The van der Waals surface area contributed by atoms with Gasteiger partial charge >= 0.3 is 5.97 Å². The van der Waals surface area contributed by atoms with Crippen LogP contribution in [-0.2, 0) is 9.53 Å². The maximum Gasteiger partial charge on any atom is 0.328 e. The van der Waals surface area contributed by atoms with Crippen LogP contribution in [0, 0.1) is 11.7 Å². The molecule has 0 fully saturated rings. The lowest BCUT2D eigenvalue weighted by Crippen LogP contribution is -2.32. The van der Waals surface area contributed by atoms with Crippen LogP contribution >= 0.6 is 12.2 Å². The molecular weight excluding hydrogens is 279 g/mol. The Balaban J connectivity index is 2.93. The number of nitrogens with one attached hydrogen (secondary N) is 1. The van der Waals surface area contributed by atoms with E-state index in [0.717, 1.165) is 0 Å². The largest absolute Gasteiger partial charge is 0.467 e. The molecule has 3 N–H and O–H groups in total. The van der Waals surface area contributed by atoms with Crippen molar-refractivity contribution in [3.63, 3.8) is 0 Å². The molecule has 0 amide bonds. The maximum atomic E-state index is 13.9. The zero-order chi connectivity index (χ0) is 15.3. The molecule has 110 valence electrons. The number of carbonyl (C=O) groups excluding carboxylic acids is 1. The van der Waals surface area contributed by atoms with Crippen molar-refractivity contribution in [2.24, 2.45) is 11.7 Å². The Labute approximate surface area is 123 Å². The fourth-order valence-electron chi connectivity index (χ4n) is 1.80. The molecule has 20 heavy (non-hydrogen) atoms. The number of thiocarbonyl (C=S) groups is 1. The van der Waals surface area contributed by atoms with E-state index in [1.165, 1.54) is 19.2 Å². The van der Waals surface area contributed by atoms with Crippen molar-refractivity contribution in [1.82, 2.24) is 0 Å². The van der Waals surface area contributed by atoms with Gasteiger partial charge < -0.3 is 15.8 Å². The molecule has 1 unspecified atom stereocenters. The monoisotopic (exact) mass is 298 g/mol. The average molecular weight is 298 g/mol. The number of rotatable bonds is 6. The first-order valence-electron chi connectivity index (χ1n) is 6.28. The third-order valence-corrected chi connectivity index (χ3v) is 3.01. The number of hydrogen-bond donors (Lipinski definition) is 2. The third kappa shape index (κ3) is 4.45. The first-order chi connectivity index (χ1) is 9.35. The molecule has 1 aromatic carbocycles. The molecular formula is C14H19FN2O2S. The van der Waals surface area contributed by atoms with E-state index < -0.39 is 17.8 Å². The first-order valence-corrected chi connectivity index (χ1v) is 6.69. The summed E-state index contributed by atoms with van der Waals surface area (Å²) in [5.41, 5.74) is 6.11. The van der Waals surface area contributed by atoms with Crippen molar-refractivity contribution in [1.29, 1.82) is 0 Å². The second kappa shape index (κ2) is 7.19. The summed E-state index contributed by atoms with van der Waals surface area (Å²) < 4.78 is 18.7. The van der Waals surface area contributed by atoms with Crippen LogP contribution in [0.2, 0.25) is 0 Å². The molecule has 4 nitrogen and oxygen atoms in total. The molecule has 0 saturated carbocycles. The van der Waals surface area contributed by atoms with Crippen molar-refractivity contribution in [3.05, 3.63) is 29.6 Å². The topological polar surface area (TPSA) is 64.3 Å². The highest BCUT2D eigenvalue weighted by molar-refractivity contribution is 7.80. The van der Waals surface area contributed by atoms with Crippen molar-refractivity contribution in [3.8, 4) is 0 Å². The molecule has 0 aliphatic rings. The Morgan fingerprint density at radius 3 is 2.60 bits per heavy atom. The van der Waals surface area contributed by atoms with Crippen molar-refractivity contribution in [2.75, 3.05) is 12.4 Å². The van der Waals surface area contributed by atoms with Gasteiger partial charge in [0.1, 0.15) is 16.8 Å². The summed E-state index contributed by atoms with van der Waals surface area (Å²) in [6.07, 6.45) is 0.545. The van der Waals surface area contributed by atoms with E-state index >= 15 is 0 Å². The van der Waals surface area contributed by atoms with Gasteiger partial charge in [-0.1, -0.05) is 26.1 Å². The quantitative estimate of drug-likeness (QED) is 0.624. The highest BCUT2D eigenvalue weighted by Gasteiger charge is 2.21. The van der Waals surface area contributed by atoms with Crippen LogP contribution in [0.25, 0.3) is 0 Å². The molecule has 1 atom stereocenters. The summed E-state index contributed by atoms with van der Waals surface area (Å²) in [5.74, 6) is -0.657. The van der Waals surface area contributed by atoms with Crippen LogP contribution in [0.5, 0.6) is 0 Å². The predicted molar refractivity (Wildman–Crippen MR) is 81.2 cm³/mol. The molecule has 1 aromatic rings. The smallest absolute Gasteiger partial charge is 0.328 e. The van der Waals surface area contributed by atoms with Gasteiger partial charge in [-0.3, -0.25) is 0 Å². The number of esters is 1. The number of ether oxygens (including phenoxy) is 1. The molecule has 1 rings (SSSR count). The summed E-state index contributed by atoms with van der Waals surface area (Å²) in [7, 11) is 1.31. The van der Waals surface area contributed by atoms with Gasteiger partial charge in [0.15, 0.2) is 0 Å². The fraction of sp³-hybridized carbons (Fsp3) is 0.429. The van der Waals surface area contributed by atoms with Crippen LogP contribution in [0.1, 0.15) is 25.8 Å². The molecule has 6 heteroatoms. The van der Waals surface area contributed by atoms with E-state index in [2.05, 4.69) is 5.32 Å². The zero-order valence-corrected chi connectivity index (χ0v) is 12.6. The Hall–Kier alpha value is -1.69. The lowest BCUT2D eigenvalue weighted by Gasteiger charge is -2.20. The summed E-state index contributed by atoms with van der Waals surface area (Å²) in [5, 5.41) is 2.86. The second-order valence-electron chi connectivity index (χ2n) is 4.91. The molecule has 0 aliphatic heterocycles. The van der Waals surface area contributed by atoms with Gasteiger partial charge in [-0.15, -0.1) is 0 Å². The normalized spacial score (nSPS) is 12.1. The van der Waals surface area contributed by atoms with Crippen molar-refractivity contribution < 1.29 is 13.9 Å². The van der Waals surface area contributed by atoms with E-state index in [1.54, 1.807) is 6.07 Å². The molecule has 0 saturated heterocycles. The van der Waals surface area contributed by atoms with E-state index in [-0.39, 0.29) is 16.6 Å². The van der Waals surface area contributed by atoms with E-state index in [4.69, 9.17) is 22.7 Å². The molecule has 0 radical (unpaired) electrons. The number of halogens is 1. The predicted octanol–water partition coefficient (Wildman–Crippen LogP) is 2.46. The number of benzene rings is 1. The maximum absolute atomic E-state index is 13.9. The van der Waals surface area contributed by atoms with Crippen LogP contribution < -0.4 is 11.1 Å². The zero-order valence-electron chi connectivity index (χ0n) is 11.8. The van der Waals surface area contributed by atoms with E-state index in [1.807, 2.05) is 13.8 Å². The summed E-state index contributed by atoms with van der Waals surface area (Å²) in [6.45, 7) is 3.95. The van der Waals surface area contributed by atoms with Gasteiger partial charge in [0, 0.05) is 5.56 Å². The minimum Gasteiger partial charge on any atom is -0.467 e. The van der Waals surface area contributed by atoms with Gasteiger partial charge in [-0.25, -0.2) is 9.18 Å². The fourth-order valence-corrected chi connectivity index (χ4v) is 1.93. The van der Waals surface area contributed by atoms with Gasteiger partial charge in [0.25, 0.3) is 0 Å². The van der Waals surface area contributed by atoms with Crippen LogP contribution in [0.15, 0.2) is 18.2 Å². The van der Waals surface area contributed by atoms with Gasteiger partial charge in [-0.05, 0) is 30.5 Å². The van der Waals surface area contributed by atoms with E-state index in [9.17, 15) is 9.18 Å². The van der Waals surface area contributed by atoms with Crippen LogP contribution in [0.4, 0.5) is 10.1 Å². The Kier molecular flexibility index (Phi) is 5.88. The number of hydrogen-bond acceptors (Lipinski definition) is 4. The molecule has 0 heterocycles. The standard InChI is InChI=1S/C14H19FN2O2S/c1-8(2)6-12(14(18)19-3)17-11-5-4-9(13(16)20)7-10(11)15/h4-5,7-8,12,17H,6H2,1-3H3,(H2,16,20). The minimum atomic E-state index is -0.592. The lowest BCUT2D eigenvalue weighted by molar-refractivity contribution is -0.141. The summed E-state index contributed by atoms with van der Waals surface area (Å²) >= 11 is 4.79. The Bertz CT molecular complexity index is 506. The lowest BCUT2D eigenvalue weighted by atomic mass is 10.0. The highest BCUT2D eigenvalue weighted by atomic mass is 32.1. The van der Waals surface area contributed by atoms with Gasteiger partial charge in [-0.2, -0.15) is 0 Å². The van der Waals surface area contributed by atoms with Gasteiger partial charge in [0.05, 0.1) is 12.8 Å². The summed E-state index contributed by atoms with van der Waals surface area (Å²) in [4.78, 5) is 11.8. The van der Waals surface area contributed by atoms with E-state index in [0.29, 0.717) is 12.0 Å². The van der Waals surface area contributed by atoms with Crippen molar-refractivity contribution in [2.45, 2.75) is 26.3 Å². The number of carbonyl (C=O) groups is 1. The summed E-state index contributed by atoms with van der Waals surface area (Å²) in [6, 6.07) is 3.77.